The minimum atomic E-state index is 0.680. The Morgan fingerprint density at radius 3 is 3.23 bits per heavy atom. The summed E-state index contributed by atoms with van der Waals surface area (Å²) in [5, 5.41) is 12.8. The number of nitrogens with one attached hydrogen (secondary N) is 1. The normalized spacial score (nSPS) is 10.9. The molecule has 0 unspecified atom stereocenters. The molecule has 13 heavy (non-hydrogen) atoms. The fraction of sp³-hybridized carbons (Fsp3) is 0.333. The van der Waals surface area contributed by atoms with Gasteiger partial charge in [0, 0.05) is 17.8 Å². The maximum Gasteiger partial charge on any atom is 0.182 e. The molecule has 0 bridgehead atoms. The second kappa shape index (κ2) is 5.33. The Bertz CT molecular complexity index is 308. The lowest BCUT2D eigenvalue weighted by molar-refractivity contribution is 0.973. The van der Waals surface area contributed by atoms with E-state index in [-0.39, 0.29) is 0 Å². The first-order valence-corrected chi connectivity index (χ1v) is 4.89. The van der Waals surface area contributed by atoms with Crippen LogP contribution in [0.3, 0.4) is 0 Å². The molecule has 0 aliphatic carbocycles. The highest BCUT2D eigenvalue weighted by Gasteiger charge is 1.92. The Hall–Kier alpha value is -1.34. The number of rotatable bonds is 3. The van der Waals surface area contributed by atoms with Crippen molar-refractivity contribution in [2.75, 3.05) is 6.54 Å². The smallest absolute Gasteiger partial charge is 0.182 e. The van der Waals surface area contributed by atoms with E-state index in [0.29, 0.717) is 5.84 Å². The monoisotopic (exact) mass is 193 g/mol. The first-order chi connectivity index (χ1) is 6.33. The highest BCUT2D eigenvalue weighted by atomic mass is 32.1. The number of aliphatic imine (C=N–C) groups is 1. The van der Waals surface area contributed by atoms with Crippen molar-refractivity contribution in [3.8, 4) is 6.19 Å². The lowest BCUT2D eigenvalue weighted by Crippen LogP contribution is -2.13. The van der Waals surface area contributed by atoms with Crippen molar-refractivity contribution >= 4 is 17.2 Å². The summed E-state index contributed by atoms with van der Waals surface area (Å²) < 4.78 is 0. The van der Waals surface area contributed by atoms with Crippen LogP contribution in [0, 0.1) is 11.5 Å². The number of hydrogen-bond donors (Lipinski definition) is 1. The van der Waals surface area contributed by atoms with E-state index in [1.807, 2.05) is 12.3 Å². The molecule has 0 saturated carbocycles. The van der Waals surface area contributed by atoms with Crippen LogP contribution in [0.5, 0.6) is 0 Å². The van der Waals surface area contributed by atoms with Crippen LogP contribution in [0.2, 0.25) is 0 Å². The molecule has 0 radical (unpaired) electrons. The van der Waals surface area contributed by atoms with Crippen LogP contribution in [0.1, 0.15) is 11.8 Å². The Morgan fingerprint density at radius 2 is 2.62 bits per heavy atom. The van der Waals surface area contributed by atoms with E-state index < -0.39 is 0 Å². The van der Waals surface area contributed by atoms with Crippen molar-refractivity contribution in [1.82, 2.24) is 5.32 Å². The third kappa shape index (κ3) is 3.72. The van der Waals surface area contributed by atoms with Gasteiger partial charge in [0.15, 0.2) is 6.19 Å². The summed E-state index contributed by atoms with van der Waals surface area (Å²) in [5.74, 6) is 0.680. The summed E-state index contributed by atoms with van der Waals surface area (Å²) in [6.45, 7) is 2.53. The SMILES string of the molecule is CC(=NCCc1cccs1)NC#N. The van der Waals surface area contributed by atoms with Crippen LogP contribution in [0.4, 0.5) is 0 Å². The molecule has 1 aromatic rings. The van der Waals surface area contributed by atoms with E-state index in [1.165, 1.54) is 4.88 Å². The summed E-state index contributed by atoms with van der Waals surface area (Å²) in [6, 6.07) is 4.12. The third-order valence-electron chi connectivity index (χ3n) is 1.52. The first kappa shape index (κ1) is 9.75. The van der Waals surface area contributed by atoms with Gasteiger partial charge in [0.1, 0.15) is 5.84 Å². The standard InChI is InChI=1S/C9H11N3S/c1-8(12-7-10)11-5-4-9-3-2-6-13-9/h2-3,6H,4-5H2,1H3,(H,11,12). The second-order valence-corrected chi connectivity index (χ2v) is 3.57. The molecule has 0 aliphatic rings. The summed E-state index contributed by atoms with van der Waals surface area (Å²) in [4.78, 5) is 5.51. The molecular formula is C9H11N3S. The van der Waals surface area contributed by atoms with Gasteiger partial charge in [-0.05, 0) is 18.4 Å². The maximum absolute atomic E-state index is 8.28. The lowest BCUT2D eigenvalue weighted by atomic mass is 10.3. The minimum absolute atomic E-state index is 0.680. The number of thiophene rings is 1. The Kier molecular flexibility index (Phi) is 4.00. The average molecular weight is 193 g/mol. The minimum Gasteiger partial charge on any atom is -0.281 e. The number of nitrogens with zero attached hydrogens (tertiary/aromatic N) is 2. The highest BCUT2D eigenvalue weighted by Crippen LogP contribution is 2.08. The van der Waals surface area contributed by atoms with Crippen molar-refractivity contribution in [2.45, 2.75) is 13.3 Å². The molecule has 0 atom stereocenters. The number of amidine groups is 1. The Morgan fingerprint density at radius 1 is 1.77 bits per heavy atom. The molecule has 1 aromatic heterocycles. The molecule has 0 amide bonds. The second-order valence-electron chi connectivity index (χ2n) is 2.53. The molecule has 1 N–H and O–H groups in total. The zero-order valence-electron chi connectivity index (χ0n) is 7.45. The van der Waals surface area contributed by atoms with E-state index >= 15 is 0 Å². The molecule has 0 spiro atoms. The van der Waals surface area contributed by atoms with Crippen LogP contribution >= 0.6 is 11.3 Å². The third-order valence-corrected chi connectivity index (χ3v) is 2.46. The Labute approximate surface area is 81.7 Å². The van der Waals surface area contributed by atoms with Gasteiger partial charge < -0.3 is 0 Å². The predicted octanol–water partition coefficient (Wildman–Crippen LogP) is 1.78. The van der Waals surface area contributed by atoms with Crippen LogP contribution in [-0.2, 0) is 6.42 Å². The molecule has 0 fully saturated rings. The van der Waals surface area contributed by atoms with Crippen molar-refractivity contribution in [1.29, 1.82) is 5.26 Å². The van der Waals surface area contributed by atoms with Gasteiger partial charge in [-0.2, -0.15) is 5.26 Å². The number of nitriles is 1. The van der Waals surface area contributed by atoms with Gasteiger partial charge in [0.2, 0.25) is 0 Å². The first-order valence-electron chi connectivity index (χ1n) is 4.01. The molecule has 3 nitrogen and oxygen atoms in total. The zero-order valence-corrected chi connectivity index (χ0v) is 8.27. The fourth-order valence-electron chi connectivity index (χ4n) is 0.909. The largest absolute Gasteiger partial charge is 0.281 e. The van der Waals surface area contributed by atoms with Crippen LogP contribution in [-0.4, -0.2) is 12.4 Å². The Balaban J connectivity index is 2.28. The van der Waals surface area contributed by atoms with E-state index in [9.17, 15) is 0 Å². The van der Waals surface area contributed by atoms with Crippen molar-refractivity contribution in [3.63, 3.8) is 0 Å². The van der Waals surface area contributed by atoms with Crippen LogP contribution in [0.25, 0.3) is 0 Å². The van der Waals surface area contributed by atoms with E-state index in [0.717, 1.165) is 13.0 Å². The van der Waals surface area contributed by atoms with Gasteiger partial charge >= 0.3 is 0 Å². The van der Waals surface area contributed by atoms with Gasteiger partial charge in [-0.1, -0.05) is 6.07 Å². The topological polar surface area (TPSA) is 48.2 Å². The van der Waals surface area contributed by atoms with Gasteiger partial charge in [0.05, 0.1) is 0 Å². The predicted molar refractivity (Wildman–Crippen MR) is 54.7 cm³/mol. The summed E-state index contributed by atoms with van der Waals surface area (Å²) in [7, 11) is 0. The van der Waals surface area contributed by atoms with Gasteiger partial charge in [-0.15, -0.1) is 11.3 Å². The van der Waals surface area contributed by atoms with Gasteiger partial charge in [0.25, 0.3) is 0 Å². The average Bonchev–Trinajstić information content (AvgIpc) is 2.57. The number of hydrogen-bond acceptors (Lipinski definition) is 3. The quantitative estimate of drug-likeness (QED) is 0.344. The molecular weight excluding hydrogens is 182 g/mol. The van der Waals surface area contributed by atoms with Crippen molar-refractivity contribution < 1.29 is 0 Å². The molecule has 0 aliphatic heterocycles. The summed E-state index contributed by atoms with van der Waals surface area (Å²) in [5.41, 5.74) is 0. The van der Waals surface area contributed by atoms with Gasteiger partial charge in [-0.3, -0.25) is 10.3 Å². The van der Waals surface area contributed by atoms with Crippen molar-refractivity contribution in [2.24, 2.45) is 4.99 Å². The summed E-state index contributed by atoms with van der Waals surface area (Å²) in [6.07, 6.45) is 2.78. The van der Waals surface area contributed by atoms with Gasteiger partial charge in [-0.25, -0.2) is 0 Å². The molecule has 68 valence electrons. The molecule has 4 heteroatoms. The summed E-state index contributed by atoms with van der Waals surface area (Å²) >= 11 is 1.73. The van der Waals surface area contributed by atoms with Crippen LogP contribution in [0.15, 0.2) is 22.5 Å². The zero-order chi connectivity index (χ0) is 9.52. The maximum atomic E-state index is 8.28. The fourth-order valence-corrected chi connectivity index (χ4v) is 1.61. The molecule has 0 saturated heterocycles. The van der Waals surface area contributed by atoms with E-state index in [4.69, 9.17) is 5.26 Å². The van der Waals surface area contributed by atoms with Crippen molar-refractivity contribution in [3.05, 3.63) is 22.4 Å². The highest BCUT2D eigenvalue weighted by molar-refractivity contribution is 7.09. The lowest BCUT2D eigenvalue weighted by Gasteiger charge is -1.95. The molecule has 1 rings (SSSR count). The van der Waals surface area contributed by atoms with E-state index in [2.05, 4.69) is 21.8 Å². The van der Waals surface area contributed by atoms with E-state index in [1.54, 1.807) is 18.3 Å². The molecule has 1 heterocycles. The molecule has 0 aromatic carbocycles. The van der Waals surface area contributed by atoms with Crippen LogP contribution < -0.4 is 5.32 Å².